The minimum Gasteiger partial charge on any atom is -0.309 e. The quantitative estimate of drug-likeness (QED) is 0.168. The summed E-state index contributed by atoms with van der Waals surface area (Å²) in [7, 11) is 0. The van der Waals surface area contributed by atoms with Gasteiger partial charge in [0.15, 0.2) is 5.82 Å². The second-order valence-electron chi connectivity index (χ2n) is 14.0. The van der Waals surface area contributed by atoms with E-state index in [1.54, 1.807) is 0 Å². The summed E-state index contributed by atoms with van der Waals surface area (Å²) in [6.45, 7) is 0. The van der Waals surface area contributed by atoms with E-state index in [4.69, 9.17) is 15.0 Å². The van der Waals surface area contributed by atoms with Crippen LogP contribution in [0.2, 0.25) is 0 Å². The Labute approximate surface area is 317 Å². The standard InChI is InChI=1S/C51H32N4/c1-3-13-33(14-4-1)34-23-25-36(26-24-34)48-43-19-8-11-21-45(43)53-51(54-48)37-27-29-38(30-28-37)55-46-22-12-9-18-40(46)42-32-31-41-39-17-7-10-20-44(39)52-49(47(41)50(42)55)35-15-5-2-6-16-35/h1-32H. The third-order valence-electron chi connectivity index (χ3n) is 10.8. The van der Waals surface area contributed by atoms with Gasteiger partial charge in [0.2, 0.25) is 0 Å². The number of benzene rings is 8. The van der Waals surface area contributed by atoms with Crippen molar-refractivity contribution in [3.8, 4) is 50.7 Å². The van der Waals surface area contributed by atoms with E-state index in [-0.39, 0.29) is 0 Å². The fourth-order valence-corrected chi connectivity index (χ4v) is 8.21. The molecule has 0 aliphatic rings. The summed E-state index contributed by atoms with van der Waals surface area (Å²) in [6, 6.07) is 68.4. The van der Waals surface area contributed by atoms with Crippen LogP contribution in [-0.2, 0) is 0 Å². The SMILES string of the molecule is c1ccc(-c2ccc(-c3nc(-c4ccc(-n5c6ccccc6c6ccc7c8ccccc8nc(-c8ccccc8)c7c65)cc4)nc4ccccc34)cc2)cc1. The van der Waals surface area contributed by atoms with Crippen molar-refractivity contribution in [2.75, 3.05) is 0 Å². The highest BCUT2D eigenvalue weighted by atomic mass is 15.0. The predicted molar refractivity (Wildman–Crippen MR) is 228 cm³/mol. The van der Waals surface area contributed by atoms with E-state index in [2.05, 4.69) is 187 Å². The van der Waals surface area contributed by atoms with Gasteiger partial charge in [-0.1, -0.05) is 152 Å². The van der Waals surface area contributed by atoms with Crippen molar-refractivity contribution in [2.45, 2.75) is 0 Å². The van der Waals surface area contributed by atoms with Crippen LogP contribution in [0.4, 0.5) is 0 Å². The van der Waals surface area contributed by atoms with Gasteiger partial charge in [-0.15, -0.1) is 0 Å². The largest absolute Gasteiger partial charge is 0.309 e. The summed E-state index contributed by atoms with van der Waals surface area (Å²) in [6.07, 6.45) is 0. The van der Waals surface area contributed by atoms with E-state index in [0.717, 1.165) is 72.0 Å². The predicted octanol–water partition coefficient (Wildman–Crippen LogP) is 13.1. The van der Waals surface area contributed by atoms with E-state index in [9.17, 15) is 0 Å². The second kappa shape index (κ2) is 12.6. The highest BCUT2D eigenvalue weighted by Crippen LogP contribution is 2.42. The molecule has 4 heteroatoms. The van der Waals surface area contributed by atoms with Gasteiger partial charge < -0.3 is 4.57 Å². The van der Waals surface area contributed by atoms with Gasteiger partial charge in [-0.25, -0.2) is 15.0 Å². The molecular weight excluding hydrogens is 669 g/mol. The van der Waals surface area contributed by atoms with Crippen molar-refractivity contribution >= 4 is 54.4 Å². The van der Waals surface area contributed by atoms with Gasteiger partial charge in [-0.05, 0) is 59.0 Å². The Morgan fingerprint density at radius 3 is 1.58 bits per heavy atom. The number of nitrogens with zero attached hydrogens (tertiary/aromatic N) is 4. The molecule has 3 aromatic heterocycles. The number of hydrogen-bond acceptors (Lipinski definition) is 3. The van der Waals surface area contributed by atoms with Crippen molar-refractivity contribution in [3.63, 3.8) is 0 Å². The lowest BCUT2D eigenvalue weighted by Crippen LogP contribution is -1.98. The highest BCUT2D eigenvalue weighted by molar-refractivity contribution is 6.25. The van der Waals surface area contributed by atoms with Crippen LogP contribution >= 0.6 is 0 Å². The number of hydrogen-bond donors (Lipinski definition) is 0. The van der Waals surface area contributed by atoms with Crippen LogP contribution in [0.1, 0.15) is 0 Å². The van der Waals surface area contributed by atoms with Crippen LogP contribution in [0.15, 0.2) is 194 Å². The molecule has 4 nitrogen and oxygen atoms in total. The first-order valence-corrected chi connectivity index (χ1v) is 18.6. The van der Waals surface area contributed by atoms with E-state index in [1.165, 1.54) is 27.3 Å². The van der Waals surface area contributed by atoms with Gasteiger partial charge in [0.05, 0.1) is 33.5 Å². The molecule has 0 spiro atoms. The second-order valence-corrected chi connectivity index (χ2v) is 14.0. The number of rotatable bonds is 5. The first kappa shape index (κ1) is 31.1. The summed E-state index contributed by atoms with van der Waals surface area (Å²) in [5.74, 6) is 0.696. The molecule has 0 N–H and O–H groups in total. The molecule has 0 fully saturated rings. The van der Waals surface area contributed by atoms with Crippen LogP contribution < -0.4 is 0 Å². The van der Waals surface area contributed by atoms with Crippen molar-refractivity contribution in [1.82, 2.24) is 19.5 Å². The molecule has 11 rings (SSSR count). The molecule has 0 amide bonds. The lowest BCUT2D eigenvalue weighted by Gasteiger charge is -2.15. The summed E-state index contributed by atoms with van der Waals surface area (Å²) < 4.78 is 2.40. The Kier molecular flexibility index (Phi) is 7.14. The van der Waals surface area contributed by atoms with Crippen LogP contribution in [0, 0.1) is 0 Å². The average Bonchev–Trinajstić information content (AvgIpc) is 3.61. The summed E-state index contributed by atoms with van der Waals surface area (Å²) >= 11 is 0. The molecule has 55 heavy (non-hydrogen) atoms. The third kappa shape index (κ3) is 5.11. The Bertz CT molecular complexity index is 3220. The normalized spacial score (nSPS) is 11.6. The topological polar surface area (TPSA) is 43.6 Å². The van der Waals surface area contributed by atoms with Crippen molar-refractivity contribution in [2.24, 2.45) is 0 Å². The van der Waals surface area contributed by atoms with Crippen molar-refractivity contribution in [1.29, 1.82) is 0 Å². The fourth-order valence-electron chi connectivity index (χ4n) is 8.21. The first-order valence-electron chi connectivity index (χ1n) is 18.6. The molecule has 0 atom stereocenters. The van der Waals surface area contributed by atoms with E-state index in [0.29, 0.717) is 5.82 Å². The van der Waals surface area contributed by atoms with E-state index < -0.39 is 0 Å². The van der Waals surface area contributed by atoms with Gasteiger partial charge in [0.1, 0.15) is 0 Å². The zero-order chi connectivity index (χ0) is 36.3. The van der Waals surface area contributed by atoms with Crippen LogP contribution in [-0.4, -0.2) is 19.5 Å². The van der Waals surface area contributed by atoms with Gasteiger partial charge >= 0.3 is 0 Å². The summed E-state index contributed by atoms with van der Waals surface area (Å²) in [5.41, 5.74) is 12.6. The smallest absolute Gasteiger partial charge is 0.160 e. The Hall–Kier alpha value is -7.43. The maximum absolute atomic E-state index is 5.33. The zero-order valence-corrected chi connectivity index (χ0v) is 29.8. The minimum absolute atomic E-state index is 0.696. The highest BCUT2D eigenvalue weighted by Gasteiger charge is 2.20. The summed E-state index contributed by atoms with van der Waals surface area (Å²) in [4.78, 5) is 15.6. The van der Waals surface area contributed by atoms with Gasteiger partial charge in [0.25, 0.3) is 0 Å². The van der Waals surface area contributed by atoms with Crippen LogP contribution in [0.25, 0.3) is 105 Å². The number of para-hydroxylation sites is 3. The number of aromatic nitrogens is 4. The number of fused-ring (bicyclic) bond motifs is 8. The summed E-state index contributed by atoms with van der Waals surface area (Å²) in [5, 5.41) is 6.90. The average molecular weight is 701 g/mol. The third-order valence-corrected chi connectivity index (χ3v) is 10.8. The van der Waals surface area contributed by atoms with E-state index >= 15 is 0 Å². The van der Waals surface area contributed by atoms with Gasteiger partial charge in [0, 0.05) is 49.3 Å². The molecule has 0 unspecified atom stereocenters. The maximum atomic E-state index is 5.33. The van der Waals surface area contributed by atoms with E-state index in [1.807, 2.05) is 12.1 Å². The fraction of sp³-hybridized carbons (Fsp3) is 0. The maximum Gasteiger partial charge on any atom is 0.160 e. The lowest BCUT2D eigenvalue weighted by molar-refractivity contribution is 1.18. The number of pyridine rings is 1. The van der Waals surface area contributed by atoms with Crippen LogP contribution in [0.3, 0.4) is 0 Å². The molecule has 0 saturated carbocycles. The zero-order valence-electron chi connectivity index (χ0n) is 29.8. The molecule has 0 bridgehead atoms. The molecule has 11 aromatic rings. The van der Waals surface area contributed by atoms with Gasteiger partial charge in [-0.2, -0.15) is 0 Å². The first-order chi connectivity index (χ1) is 27.3. The molecule has 3 heterocycles. The molecule has 0 radical (unpaired) electrons. The van der Waals surface area contributed by atoms with Crippen LogP contribution in [0.5, 0.6) is 0 Å². The Balaban J connectivity index is 1.10. The lowest BCUT2D eigenvalue weighted by atomic mass is 9.97. The molecule has 256 valence electrons. The molecule has 8 aromatic carbocycles. The monoisotopic (exact) mass is 700 g/mol. The molecule has 0 saturated heterocycles. The Morgan fingerprint density at radius 1 is 0.309 bits per heavy atom. The Morgan fingerprint density at radius 2 is 0.836 bits per heavy atom. The van der Waals surface area contributed by atoms with Crippen molar-refractivity contribution < 1.29 is 0 Å². The van der Waals surface area contributed by atoms with Crippen molar-refractivity contribution in [3.05, 3.63) is 194 Å². The van der Waals surface area contributed by atoms with Gasteiger partial charge in [-0.3, -0.25) is 0 Å². The molecule has 0 aliphatic carbocycles. The minimum atomic E-state index is 0.696. The molecule has 0 aliphatic heterocycles. The molecular formula is C51H32N4.